The number of hydrogen-bond acceptors (Lipinski definition) is 2. The van der Waals surface area contributed by atoms with Crippen LogP contribution in [-0.2, 0) is 11.2 Å². The van der Waals surface area contributed by atoms with E-state index in [-0.39, 0.29) is 12.4 Å². The maximum absolute atomic E-state index is 11.8. The number of halogens is 2. The molecule has 0 unspecified atom stereocenters. The van der Waals surface area contributed by atoms with Crippen molar-refractivity contribution in [1.82, 2.24) is 0 Å². The van der Waals surface area contributed by atoms with Gasteiger partial charge in [0.1, 0.15) is 12.4 Å². The molecule has 0 heterocycles. The number of Topliss-reactive ketones (excluding diaryl/α,β-unsaturated/α-hetero) is 1. The van der Waals surface area contributed by atoms with E-state index in [1.165, 1.54) is 0 Å². The van der Waals surface area contributed by atoms with Crippen molar-refractivity contribution in [3.63, 3.8) is 0 Å². The highest BCUT2D eigenvalue weighted by molar-refractivity contribution is 9.10. The zero-order chi connectivity index (χ0) is 13.7. The molecule has 4 heteroatoms. The molecule has 2 rings (SSSR count). The summed E-state index contributed by atoms with van der Waals surface area (Å²) in [6.45, 7) is 0.0485. The third-order valence-electron chi connectivity index (χ3n) is 2.49. The Bertz CT molecular complexity index is 584. The molecule has 0 N–H and O–H groups in total. The van der Waals surface area contributed by atoms with Crippen molar-refractivity contribution >= 4 is 33.3 Å². The Balaban J connectivity index is 1.88. The third-order valence-corrected chi connectivity index (χ3v) is 3.21. The molecule has 98 valence electrons. The molecule has 2 nitrogen and oxygen atoms in total. The molecule has 19 heavy (non-hydrogen) atoms. The van der Waals surface area contributed by atoms with Crippen LogP contribution in [0.15, 0.2) is 53.0 Å². The monoisotopic (exact) mass is 338 g/mol. The van der Waals surface area contributed by atoms with Gasteiger partial charge in [-0.05, 0) is 35.9 Å². The second-order valence-corrected chi connectivity index (χ2v) is 5.44. The van der Waals surface area contributed by atoms with Crippen molar-refractivity contribution in [2.75, 3.05) is 6.61 Å². The van der Waals surface area contributed by atoms with Gasteiger partial charge in [-0.15, -0.1) is 0 Å². The maximum Gasteiger partial charge on any atom is 0.174 e. The Kier molecular flexibility index (Phi) is 5.00. The first-order chi connectivity index (χ1) is 9.13. The van der Waals surface area contributed by atoms with Crippen LogP contribution < -0.4 is 4.74 Å². The van der Waals surface area contributed by atoms with Crippen molar-refractivity contribution < 1.29 is 9.53 Å². The molecular weight excluding hydrogens is 328 g/mol. The fraction of sp³-hybridized carbons (Fsp3) is 0.133. The van der Waals surface area contributed by atoms with Crippen molar-refractivity contribution in [3.05, 3.63) is 63.6 Å². The standard InChI is InChI=1S/C15H12BrClO2/c16-12-4-1-3-11(7-12)8-14(18)10-19-15-6-2-5-13(17)9-15/h1-7,9H,8,10H2. The van der Waals surface area contributed by atoms with Crippen LogP contribution in [-0.4, -0.2) is 12.4 Å². The van der Waals surface area contributed by atoms with Crippen LogP contribution in [0.5, 0.6) is 5.75 Å². The average Bonchev–Trinajstić information content (AvgIpc) is 2.36. The maximum atomic E-state index is 11.8. The van der Waals surface area contributed by atoms with Gasteiger partial charge in [-0.1, -0.05) is 45.7 Å². The van der Waals surface area contributed by atoms with Crippen molar-refractivity contribution in [1.29, 1.82) is 0 Å². The van der Waals surface area contributed by atoms with Gasteiger partial charge in [-0.3, -0.25) is 4.79 Å². The summed E-state index contributed by atoms with van der Waals surface area (Å²) in [4.78, 5) is 11.8. The fourth-order valence-electron chi connectivity index (χ4n) is 1.65. The Morgan fingerprint density at radius 3 is 2.68 bits per heavy atom. The summed E-state index contributed by atoms with van der Waals surface area (Å²) in [6, 6.07) is 14.7. The molecule has 0 atom stereocenters. The summed E-state index contributed by atoms with van der Waals surface area (Å²) in [5.74, 6) is 0.633. The minimum Gasteiger partial charge on any atom is -0.486 e. The number of rotatable bonds is 5. The lowest BCUT2D eigenvalue weighted by Crippen LogP contribution is -2.13. The molecule has 0 aromatic heterocycles. The molecule has 0 aliphatic carbocycles. The quantitative estimate of drug-likeness (QED) is 0.812. The molecule has 0 fully saturated rings. The molecule has 0 bridgehead atoms. The van der Waals surface area contributed by atoms with E-state index in [4.69, 9.17) is 16.3 Å². The van der Waals surface area contributed by atoms with E-state index in [0.717, 1.165) is 10.0 Å². The van der Waals surface area contributed by atoms with Gasteiger partial charge in [0.15, 0.2) is 5.78 Å². The van der Waals surface area contributed by atoms with E-state index in [9.17, 15) is 4.79 Å². The van der Waals surface area contributed by atoms with Crippen LogP contribution in [0.1, 0.15) is 5.56 Å². The van der Waals surface area contributed by atoms with Crippen LogP contribution in [0.2, 0.25) is 5.02 Å². The fourth-order valence-corrected chi connectivity index (χ4v) is 2.27. The van der Waals surface area contributed by atoms with Gasteiger partial charge >= 0.3 is 0 Å². The van der Waals surface area contributed by atoms with Gasteiger partial charge in [0, 0.05) is 15.9 Å². The number of ketones is 1. The van der Waals surface area contributed by atoms with E-state index >= 15 is 0 Å². The zero-order valence-corrected chi connectivity index (χ0v) is 12.4. The van der Waals surface area contributed by atoms with Gasteiger partial charge < -0.3 is 4.74 Å². The summed E-state index contributed by atoms with van der Waals surface area (Å²) >= 11 is 9.22. The summed E-state index contributed by atoms with van der Waals surface area (Å²) in [7, 11) is 0. The molecular formula is C15H12BrClO2. The van der Waals surface area contributed by atoms with Gasteiger partial charge in [-0.2, -0.15) is 0 Å². The highest BCUT2D eigenvalue weighted by Gasteiger charge is 2.05. The largest absolute Gasteiger partial charge is 0.486 e. The SMILES string of the molecule is O=C(COc1cccc(Cl)c1)Cc1cccc(Br)c1. The van der Waals surface area contributed by atoms with Gasteiger partial charge in [0.05, 0.1) is 0 Å². The molecule has 2 aromatic carbocycles. The highest BCUT2D eigenvalue weighted by atomic mass is 79.9. The smallest absolute Gasteiger partial charge is 0.174 e. The van der Waals surface area contributed by atoms with Crippen LogP contribution >= 0.6 is 27.5 Å². The lowest BCUT2D eigenvalue weighted by atomic mass is 10.1. The van der Waals surface area contributed by atoms with E-state index in [1.54, 1.807) is 24.3 Å². The lowest BCUT2D eigenvalue weighted by molar-refractivity contribution is -0.120. The molecule has 0 saturated carbocycles. The summed E-state index contributed by atoms with van der Waals surface area (Å²) in [6.07, 6.45) is 0.361. The van der Waals surface area contributed by atoms with Crippen LogP contribution in [0.25, 0.3) is 0 Å². The van der Waals surface area contributed by atoms with E-state index in [1.807, 2.05) is 24.3 Å². The second kappa shape index (κ2) is 6.73. The zero-order valence-electron chi connectivity index (χ0n) is 10.1. The van der Waals surface area contributed by atoms with Crippen LogP contribution in [0.4, 0.5) is 0 Å². The van der Waals surface area contributed by atoms with E-state index in [2.05, 4.69) is 15.9 Å². The molecule has 2 aromatic rings. The molecule has 0 saturated heterocycles. The first kappa shape index (κ1) is 14.1. The number of hydrogen-bond donors (Lipinski definition) is 0. The number of ether oxygens (including phenoxy) is 1. The first-order valence-electron chi connectivity index (χ1n) is 5.78. The Morgan fingerprint density at radius 2 is 1.95 bits per heavy atom. The molecule has 0 aliphatic heterocycles. The normalized spacial score (nSPS) is 10.2. The molecule has 0 amide bonds. The minimum absolute atomic E-state index is 0.0260. The predicted molar refractivity (Wildman–Crippen MR) is 79.8 cm³/mol. The number of carbonyl (C=O) groups excluding carboxylic acids is 1. The number of carbonyl (C=O) groups is 1. The lowest BCUT2D eigenvalue weighted by Gasteiger charge is -2.06. The summed E-state index contributed by atoms with van der Waals surface area (Å²) in [5.41, 5.74) is 0.967. The van der Waals surface area contributed by atoms with Crippen molar-refractivity contribution in [3.8, 4) is 5.75 Å². The van der Waals surface area contributed by atoms with E-state index in [0.29, 0.717) is 17.2 Å². The van der Waals surface area contributed by atoms with Crippen molar-refractivity contribution in [2.45, 2.75) is 6.42 Å². The second-order valence-electron chi connectivity index (χ2n) is 4.09. The molecule has 0 radical (unpaired) electrons. The average molecular weight is 340 g/mol. The highest BCUT2D eigenvalue weighted by Crippen LogP contribution is 2.17. The van der Waals surface area contributed by atoms with Gasteiger partial charge in [-0.25, -0.2) is 0 Å². The third kappa shape index (κ3) is 4.69. The Morgan fingerprint density at radius 1 is 1.16 bits per heavy atom. The first-order valence-corrected chi connectivity index (χ1v) is 6.95. The van der Waals surface area contributed by atoms with Crippen LogP contribution in [0, 0.1) is 0 Å². The molecule has 0 spiro atoms. The van der Waals surface area contributed by atoms with Crippen molar-refractivity contribution in [2.24, 2.45) is 0 Å². The Hall–Kier alpha value is -1.32. The number of benzene rings is 2. The van der Waals surface area contributed by atoms with E-state index < -0.39 is 0 Å². The molecule has 0 aliphatic rings. The predicted octanol–water partition coefficient (Wildman–Crippen LogP) is 4.29. The Labute approximate surface area is 125 Å². The minimum atomic E-state index is 0.0260. The summed E-state index contributed by atoms with van der Waals surface area (Å²) in [5, 5.41) is 0.594. The van der Waals surface area contributed by atoms with Crippen LogP contribution in [0.3, 0.4) is 0 Å². The van der Waals surface area contributed by atoms with Gasteiger partial charge in [0.25, 0.3) is 0 Å². The topological polar surface area (TPSA) is 26.3 Å². The summed E-state index contributed by atoms with van der Waals surface area (Å²) < 4.78 is 6.37. The van der Waals surface area contributed by atoms with Gasteiger partial charge in [0.2, 0.25) is 0 Å².